The lowest BCUT2D eigenvalue weighted by Gasteiger charge is -2.40. The fourth-order valence-electron chi connectivity index (χ4n) is 2.68. The summed E-state index contributed by atoms with van der Waals surface area (Å²) in [5.41, 5.74) is 1.11. The summed E-state index contributed by atoms with van der Waals surface area (Å²) in [6.07, 6.45) is 0. The van der Waals surface area contributed by atoms with Crippen LogP contribution in [-0.2, 0) is 4.79 Å². The van der Waals surface area contributed by atoms with Crippen molar-refractivity contribution in [2.75, 3.05) is 32.7 Å². The Morgan fingerprint density at radius 3 is 2.79 bits per heavy atom. The Bertz CT molecular complexity index is 476. The quantitative estimate of drug-likeness (QED) is 0.850. The van der Waals surface area contributed by atoms with E-state index >= 15 is 0 Å². The van der Waals surface area contributed by atoms with Gasteiger partial charge in [-0.2, -0.15) is 0 Å². The van der Waals surface area contributed by atoms with Gasteiger partial charge in [-0.15, -0.1) is 0 Å². The molecule has 19 heavy (non-hydrogen) atoms. The SMILES string of the molecule is O=C(C1CNC1)N1CCNCC1c1cccc(Cl)c1. The minimum atomic E-state index is 0.0977. The highest BCUT2D eigenvalue weighted by molar-refractivity contribution is 6.30. The third-order valence-electron chi connectivity index (χ3n) is 3.89. The zero-order valence-electron chi connectivity index (χ0n) is 10.7. The number of hydrogen-bond donors (Lipinski definition) is 2. The molecule has 1 unspecified atom stereocenters. The van der Waals surface area contributed by atoms with Crippen LogP contribution >= 0.6 is 11.6 Å². The first-order valence-electron chi connectivity index (χ1n) is 6.73. The maximum absolute atomic E-state index is 12.5. The van der Waals surface area contributed by atoms with Crippen LogP contribution in [0.2, 0.25) is 5.02 Å². The molecular weight excluding hydrogens is 262 g/mol. The number of carbonyl (C=O) groups is 1. The molecule has 2 N–H and O–H groups in total. The smallest absolute Gasteiger partial charge is 0.228 e. The number of halogens is 1. The normalized spacial score (nSPS) is 24.1. The molecule has 1 atom stereocenters. The summed E-state index contributed by atoms with van der Waals surface area (Å²) in [4.78, 5) is 14.5. The Morgan fingerprint density at radius 2 is 2.11 bits per heavy atom. The molecule has 2 fully saturated rings. The van der Waals surface area contributed by atoms with Gasteiger partial charge in [0.2, 0.25) is 5.91 Å². The lowest BCUT2D eigenvalue weighted by atomic mass is 9.97. The van der Waals surface area contributed by atoms with Gasteiger partial charge in [0.05, 0.1) is 12.0 Å². The van der Waals surface area contributed by atoms with Gasteiger partial charge in [0.1, 0.15) is 0 Å². The number of nitrogens with one attached hydrogen (secondary N) is 2. The maximum atomic E-state index is 12.5. The van der Waals surface area contributed by atoms with E-state index in [4.69, 9.17) is 11.6 Å². The van der Waals surface area contributed by atoms with Gasteiger partial charge in [0.15, 0.2) is 0 Å². The van der Waals surface area contributed by atoms with E-state index in [1.54, 1.807) is 0 Å². The zero-order chi connectivity index (χ0) is 13.2. The Hall–Kier alpha value is -1.10. The van der Waals surface area contributed by atoms with Crippen molar-refractivity contribution in [2.24, 2.45) is 5.92 Å². The summed E-state index contributed by atoms with van der Waals surface area (Å²) in [6.45, 7) is 4.05. The minimum absolute atomic E-state index is 0.0977. The summed E-state index contributed by atoms with van der Waals surface area (Å²) in [5, 5.41) is 7.24. The zero-order valence-corrected chi connectivity index (χ0v) is 11.5. The molecule has 0 saturated carbocycles. The molecule has 5 heteroatoms. The Balaban J connectivity index is 1.82. The number of carbonyl (C=O) groups excluding carboxylic acids is 1. The molecule has 102 valence electrons. The molecule has 4 nitrogen and oxygen atoms in total. The van der Waals surface area contributed by atoms with E-state index in [1.807, 2.05) is 29.2 Å². The van der Waals surface area contributed by atoms with Crippen molar-refractivity contribution in [3.05, 3.63) is 34.9 Å². The highest BCUT2D eigenvalue weighted by Gasteiger charge is 2.34. The molecule has 0 aromatic heterocycles. The van der Waals surface area contributed by atoms with Gasteiger partial charge in [0.25, 0.3) is 0 Å². The number of nitrogens with zero attached hydrogens (tertiary/aromatic N) is 1. The molecule has 2 aliphatic heterocycles. The molecule has 0 spiro atoms. The second-order valence-corrected chi connectivity index (χ2v) is 5.60. The van der Waals surface area contributed by atoms with Crippen molar-refractivity contribution in [1.29, 1.82) is 0 Å². The van der Waals surface area contributed by atoms with Gasteiger partial charge in [-0.1, -0.05) is 23.7 Å². The fourth-order valence-corrected chi connectivity index (χ4v) is 2.88. The third-order valence-corrected chi connectivity index (χ3v) is 4.13. The van der Waals surface area contributed by atoms with Gasteiger partial charge in [0, 0.05) is 37.7 Å². The molecule has 0 radical (unpaired) electrons. The Morgan fingerprint density at radius 1 is 1.26 bits per heavy atom. The Kier molecular flexibility index (Phi) is 3.73. The van der Waals surface area contributed by atoms with Crippen molar-refractivity contribution < 1.29 is 4.79 Å². The summed E-state index contributed by atoms with van der Waals surface area (Å²) in [5.74, 6) is 0.421. The highest BCUT2D eigenvalue weighted by atomic mass is 35.5. The van der Waals surface area contributed by atoms with Gasteiger partial charge < -0.3 is 15.5 Å². The van der Waals surface area contributed by atoms with Crippen LogP contribution in [0.5, 0.6) is 0 Å². The first kappa shape index (κ1) is 12.9. The van der Waals surface area contributed by atoms with Crippen LogP contribution < -0.4 is 10.6 Å². The van der Waals surface area contributed by atoms with Crippen LogP contribution in [0, 0.1) is 5.92 Å². The molecule has 2 heterocycles. The number of hydrogen-bond acceptors (Lipinski definition) is 3. The molecular formula is C14H18ClN3O. The van der Waals surface area contributed by atoms with Crippen LogP contribution in [0.4, 0.5) is 0 Å². The summed E-state index contributed by atoms with van der Waals surface area (Å²) in [6, 6.07) is 7.91. The molecule has 1 aromatic rings. The van der Waals surface area contributed by atoms with E-state index in [2.05, 4.69) is 10.6 Å². The van der Waals surface area contributed by atoms with Crippen molar-refractivity contribution in [3.63, 3.8) is 0 Å². The lowest BCUT2D eigenvalue weighted by molar-refractivity contribution is -0.140. The van der Waals surface area contributed by atoms with E-state index < -0.39 is 0 Å². The van der Waals surface area contributed by atoms with Crippen molar-refractivity contribution >= 4 is 17.5 Å². The van der Waals surface area contributed by atoms with Crippen molar-refractivity contribution in [2.45, 2.75) is 6.04 Å². The number of piperazine rings is 1. The number of amides is 1. The van der Waals surface area contributed by atoms with E-state index in [0.29, 0.717) is 0 Å². The first-order chi connectivity index (χ1) is 9.25. The van der Waals surface area contributed by atoms with Crippen molar-refractivity contribution in [3.8, 4) is 0 Å². The van der Waals surface area contributed by atoms with Gasteiger partial charge >= 0.3 is 0 Å². The predicted octanol–water partition coefficient (Wildman–Crippen LogP) is 1.03. The lowest BCUT2D eigenvalue weighted by Crippen LogP contribution is -2.56. The van der Waals surface area contributed by atoms with Crippen LogP contribution in [0.1, 0.15) is 11.6 Å². The summed E-state index contributed by atoms with van der Waals surface area (Å²) >= 11 is 6.06. The average molecular weight is 280 g/mol. The highest BCUT2D eigenvalue weighted by Crippen LogP contribution is 2.26. The Labute approximate surface area is 118 Å². The minimum Gasteiger partial charge on any atom is -0.333 e. The van der Waals surface area contributed by atoms with Gasteiger partial charge in [-0.3, -0.25) is 4.79 Å². The topological polar surface area (TPSA) is 44.4 Å². The van der Waals surface area contributed by atoms with Crippen LogP contribution in [0.15, 0.2) is 24.3 Å². The number of benzene rings is 1. The van der Waals surface area contributed by atoms with E-state index in [0.717, 1.165) is 43.3 Å². The standard InChI is InChI=1S/C14H18ClN3O/c15-12-3-1-2-10(6-12)13-9-16-4-5-18(13)14(19)11-7-17-8-11/h1-3,6,11,13,16-17H,4-5,7-9H2. The number of rotatable bonds is 2. The van der Waals surface area contributed by atoms with Crippen LogP contribution in [0.3, 0.4) is 0 Å². The third kappa shape index (κ3) is 2.61. The molecule has 2 saturated heterocycles. The average Bonchev–Trinajstić information content (AvgIpc) is 2.37. The molecule has 1 amide bonds. The van der Waals surface area contributed by atoms with Crippen LogP contribution in [0.25, 0.3) is 0 Å². The van der Waals surface area contributed by atoms with Gasteiger partial charge in [-0.05, 0) is 17.7 Å². The molecule has 0 aliphatic carbocycles. The second-order valence-electron chi connectivity index (χ2n) is 5.16. The molecule has 2 aliphatic rings. The maximum Gasteiger partial charge on any atom is 0.228 e. The van der Waals surface area contributed by atoms with Crippen LogP contribution in [-0.4, -0.2) is 43.5 Å². The van der Waals surface area contributed by atoms with Crippen molar-refractivity contribution in [1.82, 2.24) is 15.5 Å². The van der Waals surface area contributed by atoms with Gasteiger partial charge in [-0.25, -0.2) is 0 Å². The van der Waals surface area contributed by atoms with E-state index in [9.17, 15) is 4.79 Å². The van der Waals surface area contributed by atoms with E-state index in [1.165, 1.54) is 0 Å². The van der Waals surface area contributed by atoms with E-state index in [-0.39, 0.29) is 17.9 Å². The largest absolute Gasteiger partial charge is 0.333 e. The molecule has 0 bridgehead atoms. The molecule has 1 aromatic carbocycles. The summed E-state index contributed by atoms with van der Waals surface area (Å²) in [7, 11) is 0. The monoisotopic (exact) mass is 279 g/mol. The summed E-state index contributed by atoms with van der Waals surface area (Å²) < 4.78 is 0. The predicted molar refractivity (Wildman–Crippen MR) is 75.1 cm³/mol. The second kappa shape index (κ2) is 5.49. The fraction of sp³-hybridized carbons (Fsp3) is 0.500. The first-order valence-corrected chi connectivity index (χ1v) is 7.11. The molecule has 3 rings (SSSR count).